The van der Waals surface area contributed by atoms with Gasteiger partial charge in [-0.2, -0.15) is 5.10 Å². The van der Waals surface area contributed by atoms with Crippen LogP contribution in [-0.4, -0.2) is 44.8 Å². The number of rotatable bonds is 6. The number of aromatic carboxylic acids is 1. The molecule has 0 bridgehead atoms. The predicted molar refractivity (Wildman–Crippen MR) is 103 cm³/mol. The van der Waals surface area contributed by atoms with Crippen molar-refractivity contribution in [1.82, 2.24) is 14.7 Å². The van der Waals surface area contributed by atoms with Gasteiger partial charge in [0, 0.05) is 20.1 Å². The van der Waals surface area contributed by atoms with Crippen LogP contribution in [0.15, 0.2) is 30.3 Å². The summed E-state index contributed by atoms with van der Waals surface area (Å²) in [5, 5.41) is 13.6. The lowest BCUT2D eigenvalue weighted by molar-refractivity contribution is 0.0673. The molecule has 1 amide bonds. The average Bonchev–Trinajstić information content (AvgIpc) is 3.02. The second-order valence-electron chi connectivity index (χ2n) is 7.34. The first-order chi connectivity index (χ1) is 13.0. The van der Waals surface area contributed by atoms with E-state index in [0.29, 0.717) is 17.2 Å². The number of benzene rings is 1. The van der Waals surface area contributed by atoms with Crippen LogP contribution in [0.3, 0.4) is 0 Å². The largest absolute Gasteiger partial charge is 0.478 e. The molecule has 1 saturated heterocycles. The van der Waals surface area contributed by atoms with Crippen LogP contribution in [0, 0.1) is 5.92 Å². The van der Waals surface area contributed by atoms with Crippen molar-refractivity contribution in [3.05, 3.63) is 52.8 Å². The van der Waals surface area contributed by atoms with E-state index in [1.807, 2.05) is 24.1 Å². The highest BCUT2D eigenvalue weighted by molar-refractivity contribution is 5.92. The number of carbonyl (C=O) groups is 2. The summed E-state index contributed by atoms with van der Waals surface area (Å²) in [7, 11) is 1.83. The normalized spacial score (nSPS) is 15.1. The summed E-state index contributed by atoms with van der Waals surface area (Å²) in [5.74, 6) is -0.366. The minimum absolute atomic E-state index is 0.0543. The van der Waals surface area contributed by atoms with E-state index in [0.717, 1.165) is 56.5 Å². The van der Waals surface area contributed by atoms with Crippen molar-refractivity contribution in [1.29, 1.82) is 0 Å². The molecule has 2 heterocycles. The molecule has 6 heteroatoms. The Morgan fingerprint density at radius 1 is 1.22 bits per heavy atom. The number of carbonyl (C=O) groups excluding carboxylic acids is 1. The molecule has 1 aromatic heterocycles. The quantitative estimate of drug-likeness (QED) is 0.849. The Balaban J connectivity index is 1.58. The highest BCUT2D eigenvalue weighted by atomic mass is 16.4. The van der Waals surface area contributed by atoms with E-state index in [9.17, 15) is 9.59 Å². The van der Waals surface area contributed by atoms with Gasteiger partial charge >= 0.3 is 5.97 Å². The van der Waals surface area contributed by atoms with Crippen LogP contribution in [0.4, 0.5) is 0 Å². The predicted octanol–water partition coefficient (Wildman–Crippen LogP) is 3.17. The monoisotopic (exact) mass is 369 g/mol. The lowest BCUT2D eigenvalue weighted by Gasteiger charge is -2.32. The van der Waals surface area contributed by atoms with E-state index >= 15 is 0 Å². The first-order valence-corrected chi connectivity index (χ1v) is 9.62. The van der Waals surface area contributed by atoms with E-state index in [1.165, 1.54) is 0 Å². The zero-order valence-electron chi connectivity index (χ0n) is 16.0. The third-order valence-corrected chi connectivity index (χ3v) is 5.26. The van der Waals surface area contributed by atoms with E-state index in [-0.39, 0.29) is 5.91 Å². The van der Waals surface area contributed by atoms with Gasteiger partial charge in [-0.15, -0.1) is 0 Å². The Morgan fingerprint density at radius 3 is 2.63 bits per heavy atom. The van der Waals surface area contributed by atoms with Crippen LogP contribution < -0.4 is 0 Å². The number of nitrogens with zero attached hydrogens (tertiary/aromatic N) is 3. The number of likely N-dealkylation sites (tertiary alicyclic amines) is 1. The summed E-state index contributed by atoms with van der Waals surface area (Å²) in [5.41, 5.74) is 3.01. The van der Waals surface area contributed by atoms with Crippen LogP contribution in [-0.2, 0) is 19.9 Å². The van der Waals surface area contributed by atoms with Crippen molar-refractivity contribution >= 4 is 11.9 Å². The Labute approximate surface area is 159 Å². The Hall–Kier alpha value is -2.63. The van der Waals surface area contributed by atoms with Crippen LogP contribution in [0.2, 0.25) is 0 Å². The maximum absolute atomic E-state index is 12.8. The molecule has 1 fully saturated rings. The fraction of sp³-hybridized carbons (Fsp3) is 0.476. The van der Waals surface area contributed by atoms with Gasteiger partial charge in [-0.05, 0) is 55.4 Å². The molecule has 1 aliphatic heterocycles. The number of hydrogen-bond acceptors (Lipinski definition) is 3. The van der Waals surface area contributed by atoms with Gasteiger partial charge in [0.1, 0.15) is 5.69 Å². The Morgan fingerprint density at radius 2 is 1.96 bits per heavy atom. The highest BCUT2D eigenvalue weighted by Crippen LogP contribution is 2.23. The third kappa shape index (κ3) is 4.56. The van der Waals surface area contributed by atoms with Crippen LogP contribution in [0.1, 0.15) is 58.3 Å². The highest BCUT2D eigenvalue weighted by Gasteiger charge is 2.26. The second kappa shape index (κ2) is 8.37. The summed E-state index contributed by atoms with van der Waals surface area (Å²) < 4.78 is 1.69. The van der Waals surface area contributed by atoms with E-state index in [2.05, 4.69) is 12.0 Å². The number of amides is 1. The summed E-state index contributed by atoms with van der Waals surface area (Å²) in [4.78, 5) is 25.9. The smallest absolute Gasteiger partial charge is 0.335 e. The van der Waals surface area contributed by atoms with Crippen molar-refractivity contribution in [2.24, 2.45) is 13.0 Å². The standard InChI is InChI=1S/C21H27N3O3/c1-3-5-18-14-19(23(2)22-18)20(25)24-10-8-15(9-11-24)12-16-6-4-7-17(13-16)21(26)27/h4,6-7,13-15H,3,5,8-12H2,1-2H3,(H,26,27). The van der Waals surface area contributed by atoms with Gasteiger partial charge in [0.15, 0.2) is 0 Å². The number of aryl methyl sites for hydroxylation is 2. The number of aromatic nitrogens is 2. The molecule has 0 spiro atoms. The van der Waals surface area contributed by atoms with Gasteiger partial charge in [0.25, 0.3) is 5.91 Å². The molecule has 2 aromatic rings. The second-order valence-corrected chi connectivity index (χ2v) is 7.34. The van der Waals surface area contributed by atoms with Crippen molar-refractivity contribution in [2.75, 3.05) is 13.1 Å². The van der Waals surface area contributed by atoms with Gasteiger partial charge in [0.05, 0.1) is 11.3 Å². The lowest BCUT2D eigenvalue weighted by Crippen LogP contribution is -2.39. The number of piperidine rings is 1. The van der Waals surface area contributed by atoms with E-state index in [1.54, 1.807) is 22.9 Å². The molecule has 1 aromatic carbocycles. The summed E-state index contributed by atoms with van der Waals surface area (Å²) >= 11 is 0. The van der Waals surface area contributed by atoms with Crippen molar-refractivity contribution < 1.29 is 14.7 Å². The van der Waals surface area contributed by atoms with Crippen LogP contribution >= 0.6 is 0 Å². The average molecular weight is 369 g/mol. The Bertz CT molecular complexity index is 820. The molecule has 1 aliphatic rings. The molecule has 0 aliphatic carbocycles. The molecule has 0 radical (unpaired) electrons. The minimum atomic E-state index is -0.893. The van der Waals surface area contributed by atoms with Crippen molar-refractivity contribution in [3.63, 3.8) is 0 Å². The van der Waals surface area contributed by atoms with Crippen molar-refractivity contribution in [3.8, 4) is 0 Å². The summed E-state index contributed by atoms with van der Waals surface area (Å²) in [6, 6.07) is 9.07. The molecule has 0 saturated carbocycles. The van der Waals surface area contributed by atoms with E-state index < -0.39 is 5.97 Å². The third-order valence-electron chi connectivity index (χ3n) is 5.26. The van der Waals surface area contributed by atoms with Gasteiger partial charge in [-0.1, -0.05) is 25.5 Å². The maximum atomic E-state index is 12.8. The number of hydrogen-bond donors (Lipinski definition) is 1. The van der Waals surface area contributed by atoms with Gasteiger partial charge in [-0.25, -0.2) is 4.79 Å². The maximum Gasteiger partial charge on any atom is 0.335 e. The molecule has 144 valence electrons. The molecular formula is C21H27N3O3. The SMILES string of the molecule is CCCc1cc(C(=O)N2CCC(Cc3cccc(C(=O)O)c3)CC2)n(C)n1. The van der Waals surface area contributed by atoms with Crippen molar-refractivity contribution in [2.45, 2.75) is 39.0 Å². The number of carboxylic acids is 1. The molecule has 27 heavy (non-hydrogen) atoms. The van der Waals surface area contributed by atoms with Crippen LogP contribution in [0.25, 0.3) is 0 Å². The van der Waals surface area contributed by atoms with Gasteiger partial charge in [-0.3, -0.25) is 9.48 Å². The fourth-order valence-corrected chi connectivity index (χ4v) is 3.77. The summed E-state index contributed by atoms with van der Waals surface area (Å²) in [6.45, 7) is 3.57. The molecule has 0 unspecified atom stereocenters. The zero-order chi connectivity index (χ0) is 19.4. The Kier molecular flexibility index (Phi) is 5.94. The summed E-state index contributed by atoms with van der Waals surface area (Å²) in [6.07, 6.45) is 4.62. The zero-order valence-corrected chi connectivity index (χ0v) is 16.0. The lowest BCUT2D eigenvalue weighted by atomic mass is 9.89. The molecule has 0 atom stereocenters. The minimum Gasteiger partial charge on any atom is -0.478 e. The van der Waals surface area contributed by atoms with E-state index in [4.69, 9.17) is 5.11 Å². The molecular weight excluding hydrogens is 342 g/mol. The molecule has 3 rings (SSSR count). The topological polar surface area (TPSA) is 75.4 Å². The fourth-order valence-electron chi connectivity index (χ4n) is 3.77. The number of carboxylic acid groups (broad SMARTS) is 1. The van der Waals surface area contributed by atoms with Crippen LogP contribution in [0.5, 0.6) is 0 Å². The van der Waals surface area contributed by atoms with Gasteiger partial charge < -0.3 is 10.0 Å². The first kappa shape index (κ1) is 19.1. The molecule has 1 N–H and O–H groups in total. The van der Waals surface area contributed by atoms with Gasteiger partial charge in [0.2, 0.25) is 0 Å². The molecule has 6 nitrogen and oxygen atoms in total. The first-order valence-electron chi connectivity index (χ1n) is 9.62.